The van der Waals surface area contributed by atoms with E-state index in [1.807, 2.05) is 12.1 Å². The molecule has 1 atom stereocenters. The maximum Gasteiger partial charge on any atom is 0.255 e. The quantitative estimate of drug-likeness (QED) is 0.651. The third-order valence-electron chi connectivity index (χ3n) is 6.49. The molecule has 1 saturated heterocycles. The van der Waals surface area contributed by atoms with Gasteiger partial charge in [-0.1, -0.05) is 43.3 Å². The monoisotopic (exact) mass is 384 g/mol. The number of hydrogen-bond acceptors (Lipinski definition) is 2. The Morgan fingerprint density at radius 1 is 1.03 bits per heavy atom. The third kappa shape index (κ3) is 3.67. The first kappa shape index (κ1) is 18.4. The molecule has 0 saturated carbocycles. The lowest BCUT2D eigenvalue weighted by Crippen LogP contribution is -2.33. The Balaban J connectivity index is 1.31. The fourth-order valence-electron chi connectivity index (χ4n) is 5.00. The van der Waals surface area contributed by atoms with Gasteiger partial charge in [0.1, 0.15) is 0 Å². The molecule has 2 aliphatic rings. The van der Waals surface area contributed by atoms with E-state index >= 15 is 0 Å². The molecule has 0 unspecified atom stereocenters. The van der Waals surface area contributed by atoms with Crippen molar-refractivity contribution in [1.29, 1.82) is 0 Å². The topological polar surface area (TPSA) is 32.3 Å². The Labute approximate surface area is 172 Å². The number of nitrogens with one attached hydrogen (secondary N) is 1. The molecular formula is C26H28N2O. The summed E-state index contributed by atoms with van der Waals surface area (Å²) in [5.41, 5.74) is 5.68. The van der Waals surface area contributed by atoms with E-state index in [4.69, 9.17) is 0 Å². The summed E-state index contributed by atoms with van der Waals surface area (Å²) < 4.78 is 0. The molecule has 3 nitrogen and oxygen atoms in total. The van der Waals surface area contributed by atoms with Gasteiger partial charge in [0.15, 0.2) is 0 Å². The number of amides is 1. The van der Waals surface area contributed by atoms with Crippen molar-refractivity contribution in [3.63, 3.8) is 0 Å². The maximum atomic E-state index is 12.9. The van der Waals surface area contributed by atoms with Crippen LogP contribution in [0.4, 0.5) is 5.69 Å². The fourth-order valence-corrected chi connectivity index (χ4v) is 5.00. The van der Waals surface area contributed by atoms with E-state index < -0.39 is 0 Å². The zero-order valence-corrected chi connectivity index (χ0v) is 17.1. The van der Waals surface area contributed by atoms with Crippen LogP contribution in [0.5, 0.6) is 0 Å². The van der Waals surface area contributed by atoms with Crippen LogP contribution < -0.4 is 5.32 Å². The summed E-state index contributed by atoms with van der Waals surface area (Å²) in [4.78, 5) is 15.4. The minimum atomic E-state index is -0.0400. The summed E-state index contributed by atoms with van der Waals surface area (Å²) >= 11 is 0. The highest BCUT2D eigenvalue weighted by Crippen LogP contribution is 2.35. The highest BCUT2D eigenvalue weighted by atomic mass is 16.1. The molecule has 0 aromatic heterocycles. The summed E-state index contributed by atoms with van der Waals surface area (Å²) in [6, 6.07) is 18.7. The minimum Gasteiger partial charge on any atom is -0.321 e. The van der Waals surface area contributed by atoms with Crippen molar-refractivity contribution in [1.82, 2.24) is 4.90 Å². The van der Waals surface area contributed by atoms with Crippen LogP contribution in [0.2, 0.25) is 0 Å². The second kappa shape index (κ2) is 7.64. The highest BCUT2D eigenvalue weighted by Gasteiger charge is 2.18. The Kier molecular flexibility index (Phi) is 4.84. The predicted octanol–water partition coefficient (Wildman–Crippen LogP) is 5.42. The standard InChI is InChI=1S/C26H28N2O/c1-18-4-3-15-28(16-18)17-19-7-9-22(10-8-19)26(29)27-24-14-13-21-12-11-20-5-2-6-23(24)25(20)21/h2,5-10,13-14,18H,3-4,11-12,15-17H2,1H3,(H,27,29)/t18-/m1/s1. The first-order valence-electron chi connectivity index (χ1n) is 10.8. The average molecular weight is 385 g/mol. The van der Waals surface area contributed by atoms with Crippen molar-refractivity contribution in [2.45, 2.75) is 39.2 Å². The van der Waals surface area contributed by atoms with Gasteiger partial charge in [0.25, 0.3) is 5.91 Å². The van der Waals surface area contributed by atoms with Crippen molar-refractivity contribution in [3.05, 3.63) is 76.9 Å². The highest BCUT2D eigenvalue weighted by molar-refractivity contribution is 6.10. The van der Waals surface area contributed by atoms with Crippen LogP contribution in [0, 0.1) is 5.92 Å². The number of hydrogen-bond donors (Lipinski definition) is 1. The van der Waals surface area contributed by atoms with E-state index in [1.54, 1.807) is 0 Å². The lowest BCUT2D eigenvalue weighted by Gasteiger charge is -2.30. The second-order valence-electron chi connectivity index (χ2n) is 8.75. The summed E-state index contributed by atoms with van der Waals surface area (Å²) in [6.45, 7) is 5.66. The van der Waals surface area contributed by atoms with Crippen LogP contribution in [0.3, 0.4) is 0 Å². The van der Waals surface area contributed by atoms with Crippen LogP contribution in [0.1, 0.15) is 46.8 Å². The molecule has 148 valence electrons. The maximum absolute atomic E-state index is 12.9. The Morgan fingerprint density at radius 2 is 1.83 bits per heavy atom. The third-order valence-corrected chi connectivity index (χ3v) is 6.49. The molecule has 1 aliphatic carbocycles. The Hall–Kier alpha value is -2.65. The van der Waals surface area contributed by atoms with Gasteiger partial charge in [-0.15, -0.1) is 0 Å². The van der Waals surface area contributed by atoms with Crippen LogP contribution in [0.25, 0.3) is 10.8 Å². The molecule has 3 aromatic rings. The lowest BCUT2D eigenvalue weighted by atomic mass is 9.99. The molecular weight excluding hydrogens is 356 g/mol. The molecule has 0 radical (unpaired) electrons. The van der Waals surface area contributed by atoms with E-state index in [0.717, 1.165) is 36.4 Å². The zero-order chi connectivity index (χ0) is 19.8. The molecule has 3 heteroatoms. The largest absolute Gasteiger partial charge is 0.321 e. The molecule has 1 amide bonds. The SMILES string of the molecule is C[C@@H]1CCCN(Cc2ccc(C(=O)Nc3ccc4c5c(cccc35)CC4)cc2)C1. The van der Waals surface area contributed by atoms with E-state index in [0.29, 0.717) is 5.56 Å². The van der Waals surface area contributed by atoms with Gasteiger partial charge in [0.2, 0.25) is 0 Å². The van der Waals surface area contributed by atoms with Gasteiger partial charge in [0.05, 0.1) is 0 Å². The normalized spacial score (nSPS) is 18.9. The average Bonchev–Trinajstić information content (AvgIpc) is 3.15. The van der Waals surface area contributed by atoms with Crippen LogP contribution in [-0.2, 0) is 19.4 Å². The first-order valence-corrected chi connectivity index (χ1v) is 10.8. The van der Waals surface area contributed by atoms with E-state index in [1.165, 1.54) is 48.0 Å². The van der Waals surface area contributed by atoms with Crippen LogP contribution in [0.15, 0.2) is 54.6 Å². The number of anilines is 1. The molecule has 5 rings (SSSR count). The number of benzene rings is 3. The molecule has 3 aromatic carbocycles. The number of aryl methyl sites for hydroxylation is 2. The van der Waals surface area contributed by atoms with Gasteiger partial charge in [-0.05, 0) is 78.4 Å². The molecule has 1 N–H and O–H groups in total. The number of carbonyl (C=O) groups excluding carboxylic acids is 1. The second-order valence-corrected chi connectivity index (χ2v) is 8.75. The summed E-state index contributed by atoms with van der Waals surface area (Å²) in [5.74, 6) is 0.744. The Morgan fingerprint density at radius 3 is 2.62 bits per heavy atom. The molecule has 0 spiro atoms. The van der Waals surface area contributed by atoms with Gasteiger partial charge >= 0.3 is 0 Å². The van der Waals surface area contributed by atoms with Gasteiger partial charge in [0, 0.05) is 29.7 Å². The minimum absolute atomic E-state index is 0.0400. The van der Waals surface area contributed by atoms with E-state index in [-0.39, 0.29) is 5.91 Å². The van der Waals surface area contributed by atoms with E-state index in [9.17, 15) is 4.79 Å². The smallest absolute Gasteiger partial charge is 0.255 e. The van der Waals surface area contributed by atoms with Crippen LogP contribution >= 0.6 is 0 Å². The van der Waals surface area contributed by atoms with Gasteiger partial charge in [-0.3, -0.25) is 9.69 Å². The molecule has 0 bridgehead atoms. The van der Waals surface area contributed by atoms with Crippen molar-refractivity contribution < 1.29 is 4.79 Å². The summed E-state index contributed by atoms with van der Waals surface area (Å²) in [5, 5.41) is 5.63. The lowest BCUT2D eigenvalue weighted by molar-refractivity contribution is 0.102. The number of carbonyl (C=O) groups is 1. The molecule has 1 fully saturated rings. The number of likely N-dealkylation sites (tertiary alicyclic amines) is 1. The first-order chi connectivity index (χ1) is 14.2. The summed E-state index contributed by atoms with van der Waals surface area (Å²) in [6.07, 6.45) is 4.82. The molecule has 1 heterocycles. The summed E-state index contributed by atoms with van der Waals surface area (Å²) in [7, 11) is 0. The van der Waals surface area contributed by atoms with Crippen molar-refractivity contribution in [3.8, 4) is 0 Å². The van der Waals surface area contributed by atoms with Crippen molar-refractivity contribution in [2.75, 3.05) is 18.4 Å². The fraction of sp³-hybridized carbons (Fsp3) is 0.346. The molecule has 1 aliphatic heterocycles. The number of nitrogens with zero attached hydrogens (tertiary/aromatic N) is 1. The van der Waals surface area contributed by atoms with Crippen molar-refractivity contribution >= 4 is 22.4 Å². The molecule has 29 heavy (non-hydrogen) atoms. The van der Waals surface area contributed by atoms with Crippen molar-refractivity contribution in [2.24, 2.45) is 5.92 Å². The van der Waals surface area contributed by atoms with Gasteiger partial charge in [-0.2, -0.15) is 0 Å². The van der Waals surface area contributed by atoms with Gasteiger partial charge in [-0.25, -0.2) is 0 Å². The van der Waals surface area contributed by atoms with Gasteiger partial charge < -0.3 is 5.32 Å². The number of rotatable bonds is 4. The Bertz CT molecular complexity index is 1040. The van der Waals surface area contributed by atoms with E-state index in [2.05, 4.69) is 59.6 Å². The van der Waals surface area contributed by atoms with Crippen LogP contribution in [-0.4, -0.2) is 23.9 Å². The number of piperidine rings is 1. The zero-order valence-electron chi connectivity index (χ0n) is 17.1. The predicted molar refractivity (Wildman–Crippen MR) is 119 cm³/mol.